The van der Waals surface area contributed by atoms with Crippen molar-refractivity contribution in [2.75, 3.05) is 0 Å². The molecule has 0 saturated heterocycles. The van der Waals surface area contributed by atoms with Crippen LogP contribution in [0, 0.1) is 0 Å². The van der Waals surface area contributed by atoms with E-state index in [9.17, 15) is 4.57 Å². The van der Waals surface area contributed by atoms with E-state index in [0.29, 0.717) is 0 Å². The van der Waals surface area contributed by atoms with E-state index in [0.717, 1.165) is 18.4 Å². The lowest BCUT2D eigenvalue weighted by Crippen LogP contribution is -2.16. The maximum atomic E-state index is 10.7. The summed E-state index contributed by atoms with van der Waals surface area (Å²) in [5, 5.41) is 0. The molecule has 0 aromatic rings. The molecule has 3 atom stereocenters. The number of rotatable bonds is 2. The van der Waals surface area contributed by atoms with Gasteiger partial charge in [0.05, 0.1) is 5.66 Å². The Morgan fingerprint density at radius 3 is 2.91 bits per heavy atom. The quantitative estimate of drug-likeness (QED) is 0.484. The summed E-state index contributed by atoms with van der Waals surface area (Å²) >= 11 is 0. The molecule has 1 rings (SSSR count). The van der Waals surface area contributed by atoms with Crippen molar-refractivity contribution in [2.24, 2.45) is 5.73 Å². The van der Waals surface area contributed by atoms with Crippen LogP contribution in [0.3, 0.4) is 0 Å². The first-order chi connectivity index (χ1) is 5.11. The largest absolute Gasteiger partial charge is 0.346 e. The Morgan fingerprint density at radius 2 is 2.55 bits per heavy atom. The lowest BCUT2D eigenvalue weighted by molar-refractivity contribution is 0.495. The molecule has 64 valence electrons. The van der Waals surface area contributed by atoms with Crippen LogP contribution in [-0.2, 0) is 4.57 Å². The van der Waals surface area contributed by atoms with Crippen molar-refractivity contribution < 1.29 is 9.46 Å². The molecule has 0 aromatic heterocycles. The number of hydrogen-bond donors (Lipinski definition) is 2. The maximum Gasteiger partial charge on any atom is 0.195 e. The Labute approximate surface area is 67.2 Å². The normalized spacial score (nSPS) is 29.7. The second kappa shape index (κ2) is 3.53. The summed E-state index contributed by atoms with van der Waals surface area (Å²) in [7, 11) is -2.39. The van der Waals surface area contributed by atoms with Crippen molar-refractivity contribution in [2.45, 2.75) is 31.5 Å². The number of nitrogens with two attached hydrogens (primary N) is 1. The third kappa shape index (κ3) is 2.16. The molecule has 0 saturated carbocycles. The van der Waals surface area contributed by atoms with Crippen LogP contribution in [0.1, 0.15) is 19.8 Å². The minimum absolute atomic E-state index is 0.173. The lowest BCUT2D eigenvalue weighted by atomic mass is 10.1. The van der Waals surface area contributed by atoms with Gasteiger partial charge in [-0.15, -0.1) is 0 Å². The summed E-state index contributed by atoms with van der Waals surface area (Å²) in [6, 6.07) is 0.175. The molecular formula is C7H14NO2P. The van der Waals surface area contributed by atoms with Crippen molar-refractivity contribution in [3.8, 4) is 0 Å². The highest BCUT2D eigenvalue weighted by atomic mass is 31.1. The van der Waals surface area contributed by atoms with E-state index in [-0.39, 0.29) is 11.7 Å². The van der Waals surface area contributed by atoms with Gasteiger partial charge in [0.25, 0.3) is 0 Å². The molecule has 0 bridgehead atoms. The predicted molar refractivity (Wildman–Crippen MR) is 46.0 cm³/mol. The van der Waals surface area contributed by atoms with Gasteiger partial charge in [-0.05, 0) is 19.8 Å². The molecule has 0 radical (unpaired) electrons. The first-order valence-electron chi connectivity index (χ1n) is 3.78. The van der Waals surface area contributed by atoms with E-state index in [1.807, 2.05) is 6.08 Å². The monoisotopic (exact) mass is 175 g/mol. The minimum atomic E-state index is -2.39. The third-order valence-electron chi connectivity index (χ3n) is 2.11. The first kappa shape index (κ1) is 8.98. The zero-order valence-corrected chi connectivity index (χ0v) is 7.58. The van der Waals surface area contributed by atoms with Gasteiger partial charge < -0.3 is 10.6 Å². The molecule has 0 aliphatic heterocycles. The van der Waals surface area contributed by atoms with Crippen LogP contribution in [0.4, 0.5) is 0 Å². The average molecular weight is 175 g/mol. The molecule has 4 heteroatoms. The van der Waals surface area contributed by atoms with Crippen LogP contribution in [0.5, 0.6) is 0 Å². The van der Waals surface area contributed by atoms with Gasteiger partial charge in [-0.25, -0.2) is 0 Å². The summed E-state index contributed by atoms with van der Waals surface area (Å²) in [5.74, 6) is 0. The predicted octanol–water partition coefficient (Wildman–Crippen LogP) is 0.889. The van der Waals surface area contributed by atoms with Crippen molar-refractivity contribution in [3.05, 3.63) is 11.6 Å². The van der Waals surface area contributed by atoms with E-state index in [4.69, 9.17) is 10.6 Å². The van der Waals surface area contributed by atoms with Crippen molar-refractivity contribution in [3.63, 3.8) is 0 Å². The molecule has 0 amide bonds. The fraction of sp³-hybridized carbons (Fsp3) is 0.714. The van der Waals surface area contributed by atoms with E-state index in [1.165, 1.54) is 0 Å². The fourth-order valence-corrected chi connectivity index (χ4v) is 1.84. The Balaban J connectivity index is 2.56. The van der Waals surface area contributed by atoms with Crippen LogP contribution >= 0.6 is 8.03 Å². The molecule has 0 fully saturated rings. The van der Waals surface area contributed by atoms with Crippen LogP contribution in [-0.4, -0.2) is 16.6 Å². The Morgan fingerprint density at radius 1 is 1.91 bits per heavy atom. The molecule has 3 unspecified atom stereocenters. The number of hydrogen-bond acceptors (Lipinski definition) is 2. The molecule has 0 aromatic carbocycles. The maximum absolute atomic E-state index is 10.7. The van der Waals surface area contributed by atoms with Crippen molar-refractivity contribution in [1.82, 2.24) is 0 Å². The van der Waals surface area contributed by atoms with Gasteiger partial charge in [-0.3, -0.25) is 4.57 Å². The molecule has 3 nitrogen and oxygen atoms in total. The summed E-state index contributed by atoms with van der Waals surface area (Å²) in [6.45, 7) is 1.78. The Bertz CT molecular complexity index is 203. The molecular weight excluding hydrogens is 161 g/mol. The van der Waals surface area contributed by atoms with Crippen LogP contribution in [0.25, 0.3) is 0 Å². The zero-order valence-electron chi connectivity index (χ0n) is 6.58. The second-order valence-electron chi connectivity index (χ2n) is 3.04. The molecule has 1 aliphatic carbocycles. The van der Waals surface area contributed by atoms with Crippen LogP contribution in [0.15, 0.2) is 11.6 Å². The highest BCUT2D eigenvalue weighted by Crippen LogP contribution is 2.33. The smallest absolute Gasteiger partial charge is 0.195 e. The SMILES string of the molecule is CC(C1=CCC(N)C1)[PH](=O)O. The molecule has 3 N–H and O–H groups in total. The summed E-state index contributed by atoms with van der Waals surface area (Å²) in [4.78, 5) is 8.83. The molecule has 0 spiro atoms. The van der Waals surface area contributed by atoms with E-state index in [2.05, 4.69) is 0 Å². The van der Waals surface area contributed by atoms with E-state index >= 15 is 0 Å². The van der Waals surface area contributed by atoms with Crippen molar-refractivity contribution >= 4 is 8.03 Å². The average Bonchev–Trinajstić information content (AvgIpc) is 2.34. The van der Waals surface area contributed by atoms with Gasteiger partial charge in [0.2, 0.25) is 0 Å². The van der Waals surface area contributed by atoms with Gasteiger partial charge in [0.15, 0.2) is 8.03 Å². The minimum Gasteiger partial charge on any atom is -0.346 e. The topological polar surface area (TPSA) is 63.3 Å². The molecule has 0 heterocycles. The summed E-state index contributed by atoms with van der Waals surface area (Å²) < 4.78 is 10.7. The molecule has 1 aliphatic rings. The van der Waals surface area contributed by atoms with Crippen LogP contribution < -0.4 is 5.73 Å². The second-order valence-corrected chi connectivity index (χ2v) is 4.58. The van der Waals surface area contributed by atoms with E-state index < -0.39 is 8.03 Å². The van der Waals surface area contributed by atoms with Gasteiger partial charge in [-0.1, -0.05) is 11.6 Å². The van der Waals surface area contributed by atoms with Gasteiger partial charge in [-0.2, -0.15) is 0 Å². The summed E-state index contributed by atoms with van der Waals surface area (Å²) in [5.41, 5.74) is 6.53. The molecule has 11 heavy (non-hydrogen) atoms. The highest BCUT2D eigenvalue weighted by Gasteiger charge is 2.20. The lowest BCUT2D eigenvalue weighted by Gasteiger charge is -2.09. The Hall–Kier alpha value is -0.110. The van der Waals surface area contributed by atoms with Crippen molar-refractivity contribution in [1.29, 1.82) is 0 Å². The third-order valence-corrected chi connectivity index (χ3v) is 3.22. The van der Waals surface area contributed by atoms with Crippen LogP contribution in [0.2, 0.25) is 0 Å². The highest BCUT2D eigenvalue weighted by molar-refractivity contribution is 7.39. The van der Waals surface area contributed by atoms with E-state index in [1.54, 1.807) is 6.92 Å². The van der Waals surface area contributed by atoms with Gasteiger partial charge >= 0.3 is 0 Å². The Kier molecular flexibility index (Phi) is 2.88. The first-order valence-corrected chi connectivity index (χ1v) is 5.22. The van der Waals surface area contributed by atoms with Gasteiger partial charge in [0.1, 0.15) is 0 Å². The summed E-state index contributed by atoms with van der Waals surface area (Å²) in [6.07, 6.45) is 3.64. The standard InChI is InChI=1S/C7H14NO2P/c1-5(11(9)10)6-2-3-7(8)4-6/h2,5,7,11H,3-4,8H2,1H3,(H,9,10). The fourth-order valence-electron chi connectivity index (χ4n) is 1.28. The zero-order chi connectivity index (χ0) is 8.43. The van der Waals surface area contributed by atoms with Gasteiger partial charge in [0, 0.05) is 6.04 Å².